The normalized spacial score (nSPS) is 28.4. The Balaban J connectivity index is 1.51. The molecule has 0 unspecified atom stereocenters. The number of aliphatic hydroxyl groups excluding tert-OH is 5. The average molecular weight is 1260 g/mol. The average Bonchev–Trinajstić information content (AvgIpc) is 2.76. The van der Waals surface area contributed by atoms with Gasteiger partial charge in [-0.25, -0.2) is 19.4 Å². The number of aliphatic imine (C=N–C) groups is 2. The molecule has 0 aromatic rings. The van der Waals surface area contributed by atoms with Crippen LogP contribution in [0.4, 0.5) is 0 Å². The monoisotopic (exact) mass is 1260 g/mol. The van der Waals surface area contributed by atoms with Crippen LogP contribution in [-0.4, -0.2) is 283 Å². The second-order valence-electron chi connectivity index (χ2n) is 24.0. The number of nitrogens with two attached hydrogens (primary N) is 1. The van der Waals surface area contributed by atoms with Gasteiger partial charge in [-0.15, -0.1) is 0 Å². The standard InChI is InChI=1S/C57H93N13O19/c1-32(2)15-10-8-6-5-7-9-11-16-34-29-40(74)63-41(33(3)72)53(83)69-23-14-19-38(69)52(82)68-22-13-18-37(68)48(78)61-35(17-12-21-59-57(58)60-31-67-27-25-66(4)26-28-67)47(77)64-42(45(75)54(84)85)49(79)62-36(30-71)51(81)70-24-20-39(73)44(70)50(80)65-43(56(88)89-34)46(76)55(86)87/h31-39,41-46,71-73,75-76H,5-30H2,1-4H3,(H2,58,59)(H,61,78)(H,62,79)(H,63,74)(H,64,77)(H,65,80)(H,84,85)(H,86,87)/b60-31+/t33-,34-,35+,36-,37+,38-,39+,41-,42-,43+,44+,45-,46+/m1/s1. The molecule has 0 aliphatic carbocycles. The highest BCUT2D eigenvalue weighted by molar-refractivity contribution is 6.00. The number of cyclic esters (lactones) is 1. The minimum absolute atomic E-state index is 0.00683. The quantitative estimate of drug-likeness (QED) is 0.0223. The first-order valence-electron chi connectivity index (χ1n) is 30.9. The first-order chi connectivity index (χ1) is 42.2. The lowest BCUT2D eigenvalue weighted by Crippen LogP contribution is -2.64. The summed E-state index contributed by atoms with van der Waals surface area (Å²) in [4.78, 5) is 169. The molecule has 32 heteroatoms. The number of amides is 8. The third-order valence-electron chi connectivity index (χ3n) is 16.7. The van der Waals surface area contributed by atoms with Crippen LogP contribution in [0.2, 0.25) is 0 Å². The van der Waals surface area contributed by atoms with Crippen molar-refractivity contribution in [3.63, 3.8) is 0 Å². The fraction of sp³-hybridized carbons (Fsp3) is 0.772. The van der Waals surface area contributed by atoms with Gasteiger partial charge in [0.2, 0.25) is 53.2 Å². The van der Waals surface area contributed by atoms with Crippen LogP contribution < -0.4 is 32.3 Å². The Morgan fingerprint density at radius 1 is 0.629 bits per heavy atom. The molecule has 5 saturated heterocycles. The van der Waals surface area contributed by atoms with Crippen LogP contribution in [0.5, 0.6) is 0 Å². The van der Waals surface area contributed by atoms with E-state index in [1.165, 1.54) is 11.8 Å². The fourth-order valence-electron chi connectivity index (χ4n) is 11.5. The van der Waals surface area contributed by atoms with Crippen LogP contribution in [0.1, 0.15) is 130 Å². The van der Waals surface area contributed by atoms with E-state index in [4.69, 9.17) is 10.5 Å². The SMILES string of the molecule is CC(C)CCCCCCCCC[C@@H]1CC(=O)N[C@H]([C@@H](C)O)C(=O)N2CCC[C@@H]2C(=O)N2CCC[C@H]2C(=O)N[C@@H](CCCN=C(N)/N=C/N2CCN(C)CC2)C(=O)N[C@H]([C@@H](O)C(=O)O)C(=O)N[C@H](CO)C(=O)N2CC[C@H](O)[C@H]2C(=O)N[C@@H]([C@H](O)C(=O)O)C(=O)O1. The van der Waals surface area contributed by atoms with E-state index in [1.807, 2.05) is 22.6 Å². The molecule has 5 aliphatic heterocycles. The van der Waals surface area contributed by atoms with Crippen LogP contribution in [0.15, 0.2) is 9.98 Å². The highest BCUT2D eigenvalue weighted by Crippen LogP contribution is 2.27. The van der Waals surface area contributed by atoms with Gasteiger partial charge in [-0.1, -0.05) is 58.8 Å². The number of guanidine groups is 1. The number of carbonyl (C=O) groups is 11. The number of ether oxygens (including phenoxy) is 1. The fourth-order valence-corrected chi connectivity index (χ4v) is 11.5. The van der Waals surface area contributed by atoms with Crippen molar-refractivity contribution < 1.29 is 93.2 Å². The van der Waals surface area contributed by atoms with Crippen molar-refractivity contribution in [1.29, 1.82) is 0 Å². The van der Waals surface area contributed by atoms with Gasteiger partial charge in [0.15, 0.2) is 18.2 Å². The summed E-state index contributed by atoms with van der Waals surface area (Å²) < 4.78 is 5.69. The van der Waals surface area contributed by atoms with E-state index < -0.39 is 164 Å². The molecule has 500 valence electrons. The van der Waals surface area contributed by atoms with E-state index in [9.17, 15) is 88.5 Å². The number of nitrogens with zero attached hydrogens (tertiary/aromatic N) is 7. The zero-order chi connectivity index (χ0) is 65.6. The minimum atomic E-state index is -2.77. The van der Waals surface area contributed by atoms with Crippen LogP contribution in [0, 0.1) is 5.92 Å². The van der Waals surface area contributed by atoms with E-state index >= 15 is 0 Å². The highest BCUT2D eigenvalue weighted by Gasteiger charge is 2.49. The zero-order valence-corrected chi connectivity index (χ0v) is 51.3. The Kier molecular flexibility index (Phi) is 28.8. The largest absolute Gasteiger partial charge is 0.479 e. The van der Waals surface area contributed by atoms with Crippen molar-refractivity contribution in [2.45, 2.75) is 209 Å². The Morgan fingerprint density at radius 3 is 1.83 bits per heavy atom. The topological polar surface area (TPSA) is 466 Å². The molecule has 0 aromatic heterocycles. The van der Waals surface area contributed by atoms with Crippen LogP contribution in [0.3, 0.4) is 0 Å². The number of carbonyl (C=O) groups excluding carboxylic acids is 9. The molecule has 5 fully saturated rings. The van der Waals surface area contributed by atoms with Crippen molar-refractivity contribution in [2.24, 2.45) is 21.6 Å². The maximum atomic E-state index is 14.6. The molecular weight excluding hydrogens is 1170 g/mol. The van der Waals surface area contributed by atoms with Crippen molar-refractivity contribution in [2.75, 3.05) is 66.0 Å². The summed E-state index contributed by atoms with van der Waals surface area (Å²) in [5.74, 6) is -14.3. The number of unbranched alkanes of at least 4 members (excludes halogenated alkanes) is 6. The van der Waals surface area contributed by atoms with E-state index in [2.05, 4.69) is 44.7 Å². The number of aliphatic carboxylic acids is 2. The molecule has 8 amide bonds. The van der Waals surface area contributed by atoms with Crippen molar-refractivity contribution in [3.05, 3.63) is 0 Å². The number of hydrogen-bond donors (Lipinski definition) is 13. The number of piperazine rings is 1. The molecule has 5 rings (SSSR count). The molecule has 0 aromatic carbocycles. The van der Waals surface area contributed by atoms with E-state index in [0.717, 1.165) is 56.5 Å². The lowest BCUT2D eigenvalue weighted by atomic mass is 10.0. The number of carboxylic acid groups (broad SMARTS) is 2. The predicted octanol–water partition coefficient (Wildman–Crippen LogP) is -4.53. The van der Waals surface area contributed by atoms with Gasteiger partial charge in [0.25, 0.3) is 0 Å². The number of esters is 1. The van der Waals surface area contributed by atoms with Gasteiger partial charge in [0.05, 0.1) is 31.6 Å². The lowest BCUT2D eigenvalue weighted by molar-refractivity contribution is -0.165. The molecule has 0 bridgehead atoms. The molecule has 0 saturated carbocycles. The number of aliphatic hydroxyl groups is 5. The third-order valence-corrected chi connectivity index (χ3v) is 16.7. The van der Waals surface area contributed by atoms with Gasteiger partial charge >= 0.3 is 17.9 Å². The smallest absolute Gasteiger partial charge is 0.335 e. The van der Waals surface area contributed by atoms with Gasteiger partial charge in [0.1, 0.15) is 48.4 Å². The number of carboxylic acids is 2. The van der Waals surface area contributed by atoms with E-state index in [-0.39, 0.29) is 77.0 Å². The minimum Gasteiger partial charge on any atom is -0.479 e. The second-order valence-corrected chi connectivity index (χ2v) is 24.0. The zero-order valence-electron chi connectivity index (χ0n) is 51.3. The molecule has 89 heavy (non-hydrogen) atoms. The van der Waals surface area contributed by atoms with Crippen LogP contribution >= 0.6 is 0 Å². The second kappa shape index (κ2) is 35.3. The van der Waals surface area contributed by atoms with Crippen LogP contribution in [-0.2, 0) is 57.5 Å². The molecule has 5 heterocycles. The molecule has 5 aliphatic rings. The third kappa shape index (κ3) is 21.2. The van der Waals surface area contributed by atoms with Gasteiger partial charge in [-0.05, 0) is 77.7 Å². The summed E-state index contributed by atoms with van der Waals surface area (Å²) in [5, 5.41) is 85.7. The number of rotatable bonds is 21. The summed E-state index contributed by atoms with van der Waals surface area (Å²) >= 11 is 0. The number of likely N-dealkylation sites (N-methyl/N-ethyl adjacent to an activating group) is 1. The Hall–Kier alpha value is -7.13. The van der Waals surface area contributed by atoms with Crippen LogP contribution in [0.25, 0.3) is 0 Å². The first kappa shape index (κ1) is 72.6. The molecular formula is C57H93N13O19. The maximum Gasteiger partial charge on any atom is 0.335 e. The Morgan fingerprint density at radius 2 is 1.21 bits per heavy atom. The van der Waals surface area contributed by atoms with E-state index in [0.29, 0.717) is 36.7 Å². The van der Waals surface area contributed by atoms with Gasteiger partial charge in [-0.3, -0.25) is 43.3 Å². The molecule has 14 N–H and O–H groups in total. The van der Waals surface area contributed by atoms with Gasteiger partial charge in [0, 0.05) is 52.4 Å². The highest BCUT2D eigenvalue weighted by atomic mass is 16.5. The molecule has 0 spiro atoms. The van der Waals surface area contributed by atoms with Crippen molar-refractivity contribution >= 4 is 77.5 Å². The maximum absolute atomic E-state index is 14.6. The van der Waals surface area contributed by atoms with Gasteiger partial charge in [-0.2, -0.15) is 0 Å². The van der Waals surface area contributed by atoms with Crippen molar-refractivity contribution in [1.82, 2.24) is 51.1 Å². The number of hydrogen-bond acceptors (Lipinski definition) is 19. The number of nitrogens with one attached hydrogen (secondary N) is 5. The summed E-state index contributed by atoms with van der Waals surface area (Å²) in [5.41, 5.74) is 6.06. The molecule has 0 radical (unpaired) electrons. The molecule has 13 atom stereocenters. The lowest BCUT2D eigenvalue weighted by Gasteiger charge is -2.34. The van der Waals surface area contributed by atoms with Crippen molar-refractivity contribution in [3.8, 4) is 0 Å². The predicted molar refractivity (Wildman–Crippen MR) is 315 cm³/mol. The summed E-state index contributed by atoms with van der Waals surface area (Å²) in [6.07, 6.45) is -2.81. The summed E-state index contributed by atoms with van der Waals surface area (Å²) in [6.45, 7) is 6.57. The van der Waals surface area contributed by atoms with E-state index in [1.54, 1.807) is 6.34 Å². The first-order valence-corrected chi connectivity index (χ1v) is 30.9. The van der Waals surface area contributed by atoms with Gasteiger partial charge < -0.3 is 97.3 Å². The summed E-state index contributed by atoms with van der Waals surface area (Å²) in [7, 11) is 1.98. The number of fused-ring (bicyclic) bond motifs is 3. The Labute approximate surface area is 516 Å². The molecule has 32 nitrogen and oxygen atoms in total. The Bertz CT molecular complexity index is 2530. The summed E-state index contributed by atoms with van der Waals surface area (Å²) in [6, 6.07) is -15.0.